The first kappa shape index (κ1) is 18.7. The van der Waals surface area contributed by atoms with Crippen molar-refractivity contribution in [2.75, 3.05) is 26.4 Å². The number of nitrogens with zero attached hydrogens (tertiary/aromatic N) is 4. The number of allylic oxidation sites excluding steroid dienone is 1. The maximum atomic E-state index is 11.5. The number of ether oxygens (including phenoxy) is 3. The highest BCUT2D eigenvalue weighted by molar-refractivity contribution is 5.89. The van der Waals surface area contributed by atoms with Crippen molar-refractivity contribution in [3.63, 3.8) is 0 Å². The van der Waals surface area contributed by atoms with Crippen LogP contribution in [0.4, 0.5) is 0 Å². The van der Waals surface area contributed by atoms with Gasteiger partial charge in [-0.2, -0.15) is 0 Å². The van der Waals surface area contributed by atoms with Crippen LogP contribution in [0.5, 0.6) is 0 Å². The maximum absolute atomic E-state index is 11.5. The second kappa shape index (κ2) is 10.3. The van der Waals surface area contributed by atoms with Gasteiger partial charge < -0.3 is 14.2 Å². The molecule has 0 radical (unpaired) electrons. The minimum atomic E-state index is -0.250. The molecule has 9 nitrogen and oxygen atoms in total. The van der Waals surface area contributed by atoms with Gasteiger partial charge in [-0.1, -0.05) is 6.58 Å². The molecule has 2 heterocycles. The predicted molar refractivity (Wildman–Crippen MR) is 87.6 cm³/mol. The SMILES string of the molecule is C=CC(=O)n1ccnc1COCCOCCOCc1nccn1C=O. The summed E-state index contributed by atoms with van der Waals surface area (Å²) in [6, 6.07) is 0. The Kier molecular flexibility index (Phi) is 7.70. The molecule has 0 amide bonds. The normalized spacial score (nSPS) is 10.7. The summed E-state index contributed by atoms with van der Waals surface area (Å²) in [7, 11) is 0. The van der Waals surface area contributed by atoms with E-state index in [1.54, 1.807) is 12.4 Å². The Labute approximate surface area is 144 Å². The molecular weight excluding hydrogens is 328 g/mol. The zero-order valence-corrected chi connectivity index (χ0v) is 13.7. The summed E-state index contributed by atoms with van der Waals surface area (Å²) in [5.74, 6) is 0.807. The summed E-state index contributed by atoms with van der Waals surface area (Å²) < 4.78 is 18.9. The van der Waals surface area contributed by atoms with Crippen LogP contribution < -0.4 is 0 Å². The van der Waals surface area contributed by atoms with Gasteiger partial charge in [-0.15, -0.1) is 0 Å². The Morgan fingerprint density at radius 1 is 1.00 bits per heavy atom. The van der Waals surface area contributed by atoms with Gasteiger partial charge in [-0.05, 0) is 6.08 Å². The van der Waals surface area contributed by atoms with Gasteiger partial charge in [0.2, 0.25) is 6.41 Å². The van der Waals surface area contributed by atoms with Crippen LogP contribution in [0.3, 0.4) is 0 Å². The van der Waals surface area contributed by atoms with E-state index in [0.717, 1.165) is 0 Å². The highest BCUT2D eigenvalue weighted by Crippen LogP contribution is 2.00. The molecule has 2 aromatic heterocycles. The molecule has 0 unspecified atom stereocenters. The minimum absolute atomic E-state index is 0.209. The second-order valence-electron chi connectivity index (χ2n) is 4.83. The van der Waals surface area contributed by atoms with Crippen molar-refractivity contribution in [1.82, 2.24) is 19.1 Å². The third kappa shape index (κ3) is 5.75. The standard InChI is InChI=1S/C16H20N4O5/c1-2-16(22)20-6-4-18-15(20)12-25-10-8-23-7-9-24-11-14-17-3-5-19(14)13-21/h2-6,13H,1,7-12H2. The molecule has 134 valence electrons. The lowest BCUT2D eigenvalue weighted by Gasteiger charge is -2.07. The van der Waals surface area contributed by atoms with E-state index in [-0.39, 0.29) is 19.1 Å². The molecule has 2 aromatic rings. The molecule has 9 heteroatoms. The van der Waals surface area contributed by atoms with Gasteiger partial charge in [0.1, 0.15) is 24.9 Å². The third-order valence-electron chi connectivity index (χ3n) is 3.20. The molecule has 2 rings (SSSR count). The van der Waals surface area contributed by atoms with Gasteiger partial charge in [0, 0.05) is 24.8 Å². The van der Waals surface area contributed by atoms with Crippen LogP contribution in [0.15, 0.2) is 37.4 Å². The molecule has 0 aliphatic rings. The van der Waals surface area contributed by atoms with Gasteiger partial charge in [-0.25, -0.2) is 9.97 Å². The van der Waals surface area contributed by atoms with E-state index in [0.29, 0.717) is 44.5 Å². The van der Waals surface area contributed by atoms with Crippen molar-refractivity contribution in [2.45, 2.75) is 13.2 Å². The zero-order valence-electron chi connectivity index (χ0n) is 13.7. The zero-order chi connectivity index (χ0) is 17.9. The van der Waals surface area contributed by atoms with Gasteiger partial charge in [0.15, 0.2) is 0 Å². The highest BCUT2D eigenvalue weighted by atomic mass is 16.5. The van der Waals surface area contributed by atoms with Crippen molar-refractivity contribution >= 4 is 12.3 Å². The summed E-state index contributed by atoms with van der Waals surface area (Å²) in [5, 5.41) is 0. The molecule has 0 bridgehead atoms. The van der Waals surface area contributed by atoms with E-state index in [2.05, 4.69) is 16.5 Å². The molecule has 25 heavy (non-hydrogen) atoms. The van der Waals surface area contributed by atoms with Crippen LogP contribution >= 0.6 is 0 Å². The fraction of sp³-hybridized carbons (Fsp3) is 0.375. The summed E-state index contributed by atoms with van der Waals surface area (Å²) in [6.07, 6.45) is 8.09. The molecule has 0 atom stereocenters. The number of rotatable bonds is 12. The van der Waals surface area contributed by atoms with Crippen molar-refractivity contribution in [2.24, 2.45) is 0 Å². The van der Waals surface area contributed by atoms with Crippen molar-refractivity contribution < 1.29 is 23.8 Å². The largest absolute Gasteiger partial charge is 0.377 e. The highest BCUT2D eigenvalue weighted by Gasteiger charge is 2.07. The third-order valence-corrected chi connectivity index (χ3v) is 3.20. The Morgan fingerprint density at radius 2 is 1.60 bits per heavy atom. The maximum Gasteiger partial charge on any atom is 0.255 e. The first-order valence-corrected chi connectivity index (χ1v) is 7.65. The number of imidazole rings is 2. The number of hydrogen-bond donors (Lipinski definition) is 0. The lowest BCUT2D eigenvalue weighted by molar-refractivity contribution is 0.00449. The van der Waals surface area contributed by atoms with Crippen LogP contribution in [0.1, 0.15) is 16.4 Å². The molecule has 0 aliphatic carbocycles. The minimum Gasteiger partial charge on any atom is -0.377 e. The number of hydrogen-bond acceptors (Lipinski definition) is 7. The monoisotopic (exact) mass is 348 g/mol. The molecule has 0 spiro atoms. The van der Waals surface area contributed by atoms with Gasteiger partial charge >= 0.3 is 0 Å². The first-order valence-electron chi connectivity index (χ1n) is 7.65. The molecule has 0 fully saturated rings. The smallest absolute Gasteiger partial charge is 0.255 e. The van der Waals surface area contributed by atoms with Gasteiger partial charge in [0.05, 0.1) is 26.4 Å². The van der Waals surface area contributed by atoms with Crippen LogP contribution in [0.2, 0.25) is 0 Å². The summed E-state index contributed by atoms with van der Waals surface area (Å²) >= 11 is 0. The predicted octanol–water partition coefficient (Wildman–Crippen LogP) is 0.694. The molecular formula is C16H20N4O5. The van der Waals surface area contributed by atoms with Crippen molar-refractivity contribution in [1.29, 1.82) is 0 Å². The van der Waals surface area contributed by atoms with E-state index in [1.165, 1.54) is 27.6 Å². The van der Waals surface area contributed by atoms with E-state index in [1.807, 2.05) is 0 Å². The molecule has 0 saturated carbocycles. The summed E-state index contributed by atoms with van der Waals surface area (Å²) in [4.78, 5) is 30.3. The van der Waals surface area contributed by atoms with Crippen molar-refractivity contribution in [3.05, 3.63) is 49.1 Å². The van der Waals surface area contributed by atoms with E-state index >= 15 is 0 Å². The molecule has 0 aromatic carbocycles. The van der Waals surface area contributed by atoms with E-state index < -0.39 is 0 Å². The second-order valence-corrected chi connectivity index (χ2v) is 4.83. The van der Waals surface area contributed by atoms with Crippen LogP contribution in [-0.2, 0) is 32.2 Å². The lowest BCUT2D eigenvalue weighted by atomic mass is 10.5. The number of carbonyl (C=O) groups excluding carboxylic acids is 2. The quantitative estimate of drug-likeness (QED) is 0.316. The van der Waals surface area contributed by atoms with Gasteiger partial charge in [0.25, 0.3) is 5.91 Å². The van der Waals surface area contributed by atoms with Crippen LogP contribution in [0, 0.1) is 0 Å². The summed E-state index contributed by atoms with van der Waals surface area (Å²) in [6.45, 7) is 5.42. The average molecular weight is 348 g/mol. The Hall–Kier alpha value is -2.62. The van der Waals surface area contributed by atoms with Crippen molar-refractivity contribution in [3.8, 4) is 0 Å². The molecule has 0 saturated heterocycles. The Balaban J connectivity index is 1.51. The summed E-state index contributed by atoms with van der Waals surface area (Å²) in [5.41, 5.74) is 0. The number of aromatic nitrogens is 4. The lowest BCUT2D eigenvalue weighted by Crippen LogP contribution is -2.14. The van der Waals surface area contributed by atoms with E-state index in [4.69, 9.17) is 14.2 Å². The topological polar surface area (TPSA) is 97.5 Å². The average Bonchev–Trinajstić information content (AvgIpc) is 3.28. The molecule has 0 aliphatic heterocycles. The fourth-order valence-electron chi connectivity index (χ4n) is 1.96. The Bertz CT molecular complexity index is 694. The van der Waals surface area contributed by atoms with Crippen LogP contribution in [0.25, 0.3) is 0 Å². The van der Waals surface area contributed by atoms with Gasteiger partial charge in [-0.3, -0.25) is 18.7 Å². The fourth-order valence-corrected chi connectivity index (χ4v) is 1.96. The first-order chi connectivity index (χ1) is 12.3. The Morgan fingerprint density at radius 3 is 2.28 bits per heavy atom. The molecule has 0 N–H and O–H groups in total. The van der Waals surface area contributed by atoms with E-state index in [9.17, 15) is 9.59 Å². The van der Waals surface area contributed by atoms with Crippen LogP contribution in [-0.4, -0.2) is 57.8 Å². The number of carbonyl (C=O) groups is 2.